The lowest BCUT2D eigenvalue weighted by Crippen LogP contribution is -2.33. The van der Waals surface area contributed by atoms with Crippen molar-refractivity contribution in [3.8, 4) is 0 Å². The maximum absolute atomic E-state index is 10.8. The fraction of sp³-hybridized carbons (Fsp3) is 0.312. The van der Waals surface area contributed by atoms with Crippen LogP contribution in [0, 0.1) is 0 Å². The average Bonchev–Trinajstić information content (AvgIpc) is 2.55. The van der Waals surface area contributed by atoms with Crippen LogP contribution in [0.2, 0.25) is 0 Å². The third-order valence-corrected chi connectivity index (χ3v) is 4.49. The number of halogens is 1. The third-order valence-electron chi connectivity index (χ3n) is 4.00. The number of benzene rings is 1. The molecule has 1 aromatic carbocycles. The summed E-state index contributed by atoms with van der Waals surface area (Å²) < 4.78 is 1.11. The Hall–Kier alpha value is -1.95. The Kier molecular flexibility index (Phi) is 4.38. The highest BCUT2D eigenvalue weighted by molar-refractivity contribution is 9.10. The van der Waals surface area contributed by atoms with Crippen molar-refractivity contribution in [3.63, 3.8) is 0 Å². The molecule has 0 amide bonds. The number of rotatable bonds is 3. The SMILES string of the molecule is O=C(O)c1cnc(N2CCC(c3cccc(Br)c3)CC2)cn1. The molecule has 1 saturated heterocycles. The number of hydrogen-bond acceptors (Lipinski definition) is 4. The number of carboxylic acid groups (broad SMARTS) is 1. The summed E-state index contributed by atoms with van der Waals surface area (Å²) in [5.41, 5.74) is 1.34. The number of carboxylic acids is 1. The van der Waals surface area contributed by atoms with Gasteiger partial charge in [-0.3, -0.25) is 0 Å². The summed E-state index contributed by atoms with van der Waals surface area (Å²) in [6.07, 6.45) is 4.97. The van der Waals surface area contributed by atoms with Gasteiger partial charge in [-0.05, 0) is 36.5 Å². The minimum Gasteiger partial charge on any atom is -0.476 e. The summed E-state index contributed by atoms with van der Waals surface area (Å²) in [5.74, 6) is 0.255. The van der Waals surface area contributed by atoms with Gasteiger partial charge in [0, 0.05) is 17.6 Å². The molecule has 1 fully saturated rings. The smallest absolute Gasteiger partial charge is 0.356 e. The van der Waals surface area contributed by atoms with Crippen molar-refractivity contribution < 1.29 is 9.90 Å². The van der Waals surface area contributed by atoms with E-state index in [4.69, 9.17) is 5.11 Å². The van der Waals surface area contributed by atoms with Crippen molar-refractivity contribution >= 4 is 27.7 Å². The minimum absolute atomic E-state index is 0.0206. The molecule has 0 spiro atoms. The lowest BCUT2D eigenvalue weighted by atomic mass is 9.89. The van der Waals surface area contributed by atoms with E-state index in [9.17, 15) is 4.79 Å². The topological polar surface area (TPSA) is 66.3 Å². The van der Waals surface area contributed by atoms with Gasteiger partial charge in [0.2, 0.25) is 0 Å². The summed E-state index contributed by atoms with van der Waals surface area (Å²) in [4.78, 5) is 21.1. The second-order valence-corrected chi connectivity index (χ2v) is 6.30. The third kappa shape index (κ3) is 3.27. The Balaban J connectivity index is 1.65. The average molecular weight is 362 g/mol. The molecule has 0 unspecified atom stereocenters. The van der Waals surface area contributed by atoms with Crippen molar-refractivity contribution in [2.75, 3.05) is 18.0 Å². The van der Waals surface area contributed by atoms with E-state index in [1.54, 1.807) is 6.20 Å². The lowest BCUT2D eigenvalue weighted by Gasteiger charge is -2.32. The van der Waals surface area contributed by atoms with Crippen LogP contribution in [0.25, 0.3) is 0 Å². The van der Waals surface area contributed by atoms with Gasteiger partial charge in [-0.15, -0.1) is 0 Å². The molecule has 2 heterocycles. The molecule has 1 aromatic heterocycles. The van der Waals surface area contributed by atoms with Crippen LogP contribution >= 0.6 is 15.9 Å². The largest absolute Gasteiger partial charge is 0.476 e. The summed E-state index contributed by atoms with van der Waals surface area (Å²) >= 11 is 3.52. The highest BCUT2D eigenvalue weighted by Gasteiger charge is 2.22. The predicted octanol–water partition coefficient (Wildman–Crippen LogP) is 3.32. The minimum atomic E-state index is -1.05. The van der Waals surface area contributed by atoms with Gasteiger partial charge in [0.25, 0.3) is 0 Å². The Labute approximate surface area is 137 Å². The van der Waals surface area contributed by atoms with Crippen LogP contribution in [0.5, 0.6) is 0 Å². The van der Waals surface area contributed by atoms with E-state index in [1.165, 1.54) is 11.8 Å². The molecule has 114 valence electrons. The molecule has 5 nitrogen and oxygen atoms in total. The predicted molar refractivity (Wildman–Crippen MR) is 87.3 cm³/mol. The molecule has 0 bridgehead atoms. The highest BCUT2D eigenvalue weighted by Crippen LogP contribution is 2.30. The van der Waals surface area contributed by atoms with E-state index in [2.05, 4.69) is 49.0 Å². The second-order valence-electron chi connectivity index (χ2n) is 5.38. The van der Waals surface area contributed by atoms with Crippen LogP contribution in [0.4, 0.5) is 5.82 Å². The van der Waals surface area contributed by atoms with E-state index in [0.717, 1.165) is 36.2 Å². The van der Waals surface area contributed by atoms with Gasteiger partial charge < -0.3 is 10.0 Å². The van der Waals surface area contributed by atoms with Gasteiger partial charge in [0.05, 0.1) is 12.4 Å². The van der Waals surface area contributed by atoms with Gasteiger partial charge in [-0.25, -0.2) is 14.8 Å². The molecule has 1 N–H and O–H groups in total. The van der Waals surface area contributed by atoms with Crippen LogP contribution in [-0.4, -0.2) is 34.1 Å². The maximum atomic E-state index is 10.8. The van der Waals surface area contributed by atoms with Gasteiger partial charge in [0.1, 0.15) is 5.82 Å². The number of aromatic nitrogens is 2. The van der Waals surface area contributed by atoms with E-state index >= 15 is 0 Å². The molecule has 0 radical (unpaired) electrons. The molecule has 3 rings (SSSR count). The molecule has 1 aliphatic rings. The first kappa shape index (κ1) is 15.0. The van der Waals surface area contributed by atoms with Crippen LogP contribution in [0.3, 0.4) is 0 Å². The maximum Gasteiger partial charge on any atom is 0.356 e. The Bertz CT molecular complexity index is 667. The first-order chi connectivity index (χ1) is 10.6. The molecule has 6 heteroatoms. The van der Waals surface area contributed by atoms with E-state index in [0.29, 0.717) is 5.92 Å². The molecule has 0 saturated carbocycles. The van der Waals surface area contributed by atoms with E-state index in [-0.39, 0.29) is 5.69 Å². The standard InChI is InChI=1S/C16H16BrN3O2/c17-13-3-1-2-12(8-13)11-4-6-20(7-5-11)15-10-18-14(9-19-15)16(21)22/h1-3,8-11H,4-7H2,(H,21,22). The number of carbonyl (C=O) groups is 1. The Morgan fingerprint density at radius 1 is 1.23 bits per heavy atom. The molecule has 1 aliphatic heterocycles. The van der Waals surface area contributed by atoms with Gasteiger partial charge in [-0.2, -0.15) is 0 Å². The van der Waals surface area contributed by atoms with Crippen molar-refractivity contribution in [1.29, 1.82) is 0 Å². The zero-order valence-electron chi connectivity index (χ0n) is 11.9. The van der Waals surface area contributed by atoms with Crippen LogP contribution < -0.4 is 4.90 Å². The molecule has 0 atom stereocenters. The van der Waals surface area contributed by atoms with Crippen molar-refractivity contribution in [2.45, 2.75) is 18.8 Å². The number of piperidine rings is 1. The zero-order chi connectivity index (χ0) is 15.5. The fourth-order valence-corrected chi connectivity index (χ4v) is 3.21. The van der Waals surface area contributed by atoms with Crippen LogP contribution in [0.15, 0.2) is 41.1 Å². The molecule has 22 heavy (non-hydrogen) atoms. The number of aromatic carboxylic acids is 1. The Morgan fingerprint density at radius 3 is 2.59 bits per heavy atom. The molecule has 0 aliphatic carbocycles. The van der Waals surface area contributed by atoms with E-state index < -0.39 is 5.97 Å². The summed E-state index contributed by atoms with van der Waals surface area (Å²) in [6.45, 7) is 1.80. The summed E-state index contributed by atoms with van der Waals surface area (Å²) in [7, 11) is 0. The molecular weight excluding hydrogens is 346 g/mol. The number of anilines is 1. The van der Waals surface area contributed by atoms with Gasteiger partial charge in [-0.1, -0.05) is 28.1 Å². The molecule has 2 aromatic rings. The van der Waals surface area contributed by atoms with Gasteiger partial charge in [0.15, 0.2) is 5.69 Å². The summed E-state index contributed by atoms with van der Waals surface area (Å²) in [5, 5.41) is 8.85. The lowest BCUT2D eigenvalue weighted by molar-refractivity contribution is 0.0690. The monoisotopic (exact) mass is 361 g/mol. The van der Waals surface area contributed by atoms with Gasteiger partial charge >= 0.3 is 5.97 Å². The second kappa shape index (κ2) is 6.44. The van der Waals surface area contributed by atoms with Crippen molar-refractivity contribution in [2.24, 2.45) is 0 Å². The molecular formula is C16H16BrN3O2. The summed E-state index contributed by atoms with van der Waals surface area (Å²) in [6, 6.07) is 8.47. The van der Waals surface area contributed by atoms with Crippen LogP contribution in [-0.2, 0) is 0 Å². The first-order valence-electron chi connectivity index (χ1n) is 7.19. The number of hydrogen-bond donors (Lipinski definition) is 1. The van der Waals surface area contributed by atoms with Crippen molar-refractivity contribution in [1.82, 2.24) is 9.97 Å². The first-order valence-corrected chi connectivity index (χ1v) is 7.98. The highest BCUT2D eigenvalue weighted by atomic mass is 79.9. The zero-order valence-corrected chi connectivity index (χ0v) is 13.5. The Morgan fingerprint density at radius 2 is 2.00 bits per heavy atom. The van der Waals surface area contributed by atoms with E-state index in [1.807, 2.05) is 6.07 Å². The number of nitrogens with zero attached hydrogens (tertiary/aromatic N) is 3. The normalized spacial score (nSPS) is 15.8. The fourth-order valence-electron chi connectivity index (χ4n) is 2.80. The van der Waals surface area contributed by atoms with Crippen LogP contribution in [0.1, 0.15) is 34.8 Å². The quantitative estimate of drug-likeness (QED) is 0.907. The van der Waals surface area contributed by atoms with Crippen molar-refractivity contribution in [3.05, 3.63) is 52.4 Å².